The van der Waals surface area contributed by atoms with E-state index in [1.54, 1.807) is 4.90 Å². The molecule has 0 N–H and O–H groups in total. The van der Waals surface area contributed by atoms with Crippen molar-refractivity contribution in [3.05, 3.63) is 64.6 Å². The summed E-state index contributed by atoms with van der Waals surface area (Å²) in [4.78, 5) is 32.9. The van der Waals surface area contributed by atoms with Gasteiger partial charge in [-0.25, -0.2) is 0 Å². The number of amides is 2. The fourth-order valence-electron chi connectivity index (χ4n) is 4.09. The predicted molar refractivity (Wildman–Crippen MR) is 127 cm³/mol. The van der Waals surface area contributed by atoms with Crippen molar-refractivity contribution in [2.75, 3.05) is 42.8 Å². The summed E-state index contributed by atoms with van der Waals surface area (Å²) >= 11 is 6.74. The number of rotatable bonds is 3. The lowest BCUT2D eigenvalue weighted by molar-refractivity contribution is -0.115. The first-order valence-electron chi connectivity index (χ1n) is 10.1. The van der Waals surface area contributed by atoms with Crippen molar-refractivity contribution in [1.29, 1.82) is 0 Å². The van der Waals surface area contributed by atoms with E-state index < -0.39 is 0 Å². The lowest BCUT2D eigenvalue weighted by atomic mass is 10.1. The maximum absolute atomic E-state index is 13.6. The minimum absolute atomic E-state index is 0.155. The van der Waals surface area contributed by atoms with E-state index in [1.807, 2.05) is 55.5 Å². The lowest BCUT2D eigenvalue weighted by Crippen LogP contribution is -2.45. The van der Waals surface area contributed by atoms with Crippen LogP contribution in [0.3, 0.4) is 0 Å². The SMILES string of the molecule is Cc1cccc(N2C(=O)C(=C3C(=O)N(CN4CCOCC4)c4ccccc43)SC2=S)c1. The molecule has 0 saturated carbocycles. The summed E-state index contributed by atoms with van der Waals surface area (Å²) in [7, 11) is 0. The maximum Gasteiger partial charge on any atom is 0.271 e. The van der Waals surface area contributed by atoms with Crippen LogP contribution < -0.4 is 9.80 Å². The average molecular weight is 452 g/mol. The first-order chi connectivity index (χ1) is 15.0. The molecule has 3 aliphatic heterocycles. The van der Waals surface area contributed by atoms with Crippen LogP contribution in [0.25, 0.3) is 5.57 Å². The van der Waals surface area contributed by atoms with Gasteiger partial charge in [0.25, 0.3) is 11.8 Å². The van der Waals surface area contributed by atoms with E-state index in [0.717, 1.165) is 35.6 Å². The molecule has 2 aromatic carbocycles. The Hall–Kier alpha value is -2.52. The van der Waals surface area contributed by atoms with Crippen LogP contribution in [-0.4, -0.2) is 54.0 Å². The largest absolute Gasteiger partial charge is 0.379 e. The van der Waals surface area contributed by atoms with Gasteiger partial charge in [0.15, 0.2) is 4.32 Å². The number of thioether (sulfide) groups is 1. The number of aryl methyl sites for hydroxylation is 1. The molecule has 0 aromatic heterocycles. The zero-order valence-electron chi connectivity index (χ0n) is 17.0. The molecule has 0 aliphatic carbocycles. The Kier molecular flexibility index (Phi) is 5.39. The summed E-state index contributed by atoms with van der Waals surface area (Å²) in [5.74, 6) is -0.399. The van der Waals surface area contributed by atoms with Crippen LogP contribution in [0, 0.1) is 6.92 Å². The fourth-order valence-corrected chi connectivity index (χ4v) is 5.46. The predicted octanol–water partition coefficient (Wildman–Crippen LogP) is 3.41. The van der Waals surface area contributed by atoms with Crippen LogP contribution in [0.4, 0.5) is 11.4 Å². The number of carbonyl (C=O) groups is 2. The fraction of sp³-hybridized carbons (Fsp3) is 0.261. The van der Waals surface area contributed by atoms with Gasteiger partial charge in [-0.3, -0.25) is 24.3 Å². The monoisotopic (exact) mass is 451 g/mol. The van der Waals surface area contributed by atoms with E-state index in [4.69, 9.17) is 17.0 Å². The van der Waals surface area contributed by atoms with Gasteiger partial charge in [0.1, 0.15) is 0 Å². The molecule has 5 rings (SSSR count). The highest BCUT2D eigenvalue weighted by Crippen LogP contribution is 2.45. The van der Waals surface area contributed by atoms with Crippen molar-refractivity contribution in [1.82, 2.24) is 4.90 Å². The normalized spacial score (nSPS) is 21.9. The van der Waals surface area contributed by atoms with E-state index in [9.17, 15) is 9.59 Å². The number of ether oxygens (including phenoxy) is 1. The van der Waals surface area contributed by atoms with Crippen molar-refractivity contribution in [3.63, 3.8) is 0 Å². The Morgan fingerprint density at radius 3 is 2.58 bits per heavy atom. The second-order valence-electron chi connectivity index (χ2n) is 7.67. The number of benzene rings is 2. The molecule has 3 aliphatic rings. The van der Waals surface area contributed by atoms with Gasteiger partial charge in [-0.05, 0) is 30.7 Å². The Morgan fingerprint density at radius 2 is 1.81 bits per heavy atom. The summed E-state index contributed by atoms with van der Waals surface area (Å²) < 4.78 is 5.87. The summed E-state index contributed by atoms with van der Waals surface area (Å²) in [5, 5.41) is 0. The highest BCUT2D eigenvalue weighted by Gasteiger charge is 2.42. The number of hydrogen-bond donors (Lipinski definition) is 0. The molecule has 0 radical (unpaired) electrons. The number of carbonyl (C=O) groups excluding carboxylic acids is 2. The van der Waals surface area contributed by atoms with E-state index in [2.05, 4.69) is 4.90 Å². The molecule has 0 atom stereocenters. The Balaban J connectivity index is 1.54. The second kappa shape index (κ2) is 8.20. The molecule has 8 heteroatoms. The van der Waals surface area contributed by atoms with Crippen LogP contribution in [0.15, 0.2) is 53.4 Å². The molecular weight excluding hydrogens is 430 g/mol. The molecule has 2 aromatic rings. The first kappa shape index (κ1) is 20.4. The Labute approximate surface area is 190 Å². The molecule has 6 nitrogen and oxygen atoms in total. The van der Waals surface area contributed by atoms with Gasteiger partial charge in [0.05, 0.1) is 41.7 Å². The topological polar surface area (TPSA) is 53.1 Å². The van der Waals surface area contributed by atoms with E-state index >= 15 is 0 Å². The zero-order chi connectivity index (χ0) is 21.5. The lowest BCUT2D eigenvalue weighted by Gasteiger charge is -2.30. The van der Waals surface area contributed by atoms with Gasteiger partial charge in [-0.15, -0.1) is 0 Å². The van der Waals surface area contributed by atoms with Crippen LogP contribution in [0.2, 0.25) is 0 Å². The van der Waals surface area contributed by atoms with Gasteiger partial charge in [-0.2, -0.15) is 0 Å². The van der Waals surface area contributed by atoms with Crippen LogP contribution in [0.1, 0.15) is 11.1 Å². The van der Waals surface area contributed by atoms with Crippen LogP contribution in [0.5, 0.6) is 0 Å². The number of nitrogens with zero attached hydrogens (tertiary/aromatic N) is 3. The number of thiocarbonyl (C=S) groups is 1. The molecule has 2 fully saturated rings. The van der Waals surface area contributed by atoms with Crippen molar-refractivity contribution in [3.8, 4) is 0 Å². The van der Waals surface area contributed by atoms with Gasteiger partial charge in [0.2, 0.25) is 0 Å². The third-order valence-corrected chi connectivity index (χ3v) is 7.00. The smallest absolute Gasteiger partial charge is 0.271 e. The highest BCUT2D eigenvalue weighted by molar-refractivity contribution is 8.27. The van der Waals surface area contributed by atoms with Crippen molar-refractivity contribution in [2.45, 2.75) is 6.92 Å². The van der Waals surface area contributed by atoms with Gasteiger partial charge in [-0.1, -0.05) is 54.3 Å². The van der Waals surface area contributed by atoms with Crippen molar-refractivity contribution < 1.29 is 14.3 Å². The van der Waals surface area contributed by atoms with Crippen molar-refractivity contribution in [2.24, 2.45) is 0 Å². The molecule has 2 amide bonds. The van der Waals surface area contributed by atoms with Gasteiger partial charge < -0.3 is 4.74 Å². The van der Waals surface area contributed by atoms with Gasteiger partial charge >= 0.3 is 0 Å². The van der Waals surface area contributed by atoms with E-state index in [-0.39, 0.29) is 11.8 Å². The standard InChI is InChI=1S/C23H21N3O3S2/c1-15-5-4-6-16(13-15)26-22(28)20(31-23(26)30)19-17-7-2-3-8-18(17)25(21(19)27)14-24-9-11-29-12-10-24/h2-8,13H,9-12,14H2,1H3. The third-order valence-electron chi connectivity index (χ3n) is 5.62. The molecular formula is C23H21N3O3S2. The summed E-state index contributed by atoms with van der Waals surface area (Å²) in [6.07, 6.45) is 0. The second-order valence-corrected chi connectivity index (χ2v) is 9.32. The molecule has 0 unspecified atom stereocenters. The highest BCUT2D eigenvalue weighted by atomic mass is 32.2. The molecule has 0 bridgehead atoms. The maximum atomic E-state index is 13.6. The number of para-hydroxylation sites is 1. The van der Waals surface area contributed by atoms with Crippen LogP contribution >= 0.6 is 24.0 Å². The number of morpholine rings is 1. The molecule has 158 valence electrons. The quantitative estimate of drug-likeness (QED) is 0.527. The average Bonchev–Trinajstić information content (AvgIpc) is 3.21. The Bertz CT molecular complexity index is 1120. The Morgan fingerprint density at radius 1 is 1.03 bits per heavy atom. The van der Waals surface area contributed by atoms with E-state index in [0.29, 0.717) is 34.7 Å². The first-order valence-corrected chi connectivity index (χ1v) is 11.4. The number of fused-ring (bicyclic) bond motifs is 1. The third kappa shape index (κ3) is 3.59. The van der Waals surface area contributed by atoms with Crippen LogP contribution in [-0.2, 0) is 14.3 Å². The van der Waals surface area contributed by atoms with Crippen molar-refractivity contribution >= 4 is 57.1 Å². The number of anilines is 2. The molecule has 31 heavy (non-hydrogen) atoms. The molecule has 0 spiro atoms. The molecule has 3 heterocycles. The van der Waals surface area contributed by atoms with Gasteiger partial charge in [0, 0.05) is 18.7 Å². The number of hydrogen-bond acceptors (Lipinski definition) is 6. The molecule has 2 saturated heterocycles. The van der Waals surface area contributed by atoms with E-state index in [1.165, 1.54) is 16.7 Å². The summed E-state index contributed by atoms with van der Waals surface area (Å²) in [6, 6.07) is 15.3. The minimum atomic E-state index is -0.244. The zero-order valence-corrected chi connectivity index (χ0v) is 18.7. The minimum Gasteiger partial charge on any atom is -0.379 e. The summed E-state index contributed by atoms with van der Waals surface area (Å²) in [5.41, 5.74) is 3.82. The summed E-state index contributed by atoms with van der Waals surface area (Å²) in [6.45, 7) is 5.31.